The first-order valence-electron chi connectivity index (χ1n) is 7.12. The van der Waals surface area contributed by atoms with Crippen molar-refractivity contribution < 1.29 is 14.3 Å². The van der Waals surface area contributed by atoms with Crippen molar-refractivity contribution in [3.63, 3.8) is 0 Å². The van der Waals surface area contributed by atoms with Crippen LogP contribution in [0.15, 0.2) is 18.2 Å². The average molecular weight is 343 g/mol. The number of nitrogens with one attached hydrogen (secondary N) is 2. The second-order valence-electron chi connectivity index (χ2n) is 5.94. The van der Waals surface area contributed by atoms with Gasteiger partial charge in [0.2, 0.25) is 0 Å². The summed E-state index contributed by atoms with van der Waals surface area (Å²) in [5, 5.41) is 5.51. The van der Waals surface area contributed by atoms with E-state index in [1.807, 2.05) is 13.8 Å². The Bertz CT molecular complexity index is 587. The maximum Gasteiger partial charge on any atom is 0.322 e. The van der Waals surface area contributed by atoms with Gasteiger partial charge in [0.25, 0.3) is 5.91 Å². The maximum atomic E-state index is 12.2. The summed E-state index contributed by atoms with van der Waals surface area (Å²) in [4.78, 5) is 25.6. The van der Waals surface area contributed by atoms with Crippen LogP contribution in [-0.2, 0) is 0 Å². The number of methoxy groups -OCH3 is 1. The number of urea groups is 1. The molecule has 7 nitrogen and oxygen atoms in total. The van der Waals surface area contributed by atoms with Crippen LogP contribution in [0.5, 0.6) is 5.75 Å². The van der Waals surface area contributed by atoms with Gasteiger partial charge >= 0.3 is 6.03 Å². The number of nitrogens with two attached hydrogens (primary N) is 1. The summed E-state index contributed by atoms with van der Waals surface area (Å²) in [6, 6.07) is 4.81. The number of halogens is 1. The first kappa shape index (κ1) is 19.1. The zero-order valence-electron chi connectivity index (χ0n) is 13.5. The van der Waals surface area contributed by atoms with Crippen LogP contribution in [0.3, 0.4) is 0 Å². The Labute approximate surface area is 141 Å². The molecule has 23 heavy (non-hydrogen) atoms. The van der Waals surface area contributed by atoms with Crippen LogP contribution >= 0.6 is 12.4 Å². The second-order valence-corrected chi connectivity index (χ2v) is 5.94. The molecule has 128 valence electrons. The van der Waals surface area contributed by atoms with Crippen LogP contribution in [0.25, 0.3) is 0 Å². The molecule has 0 saturated carbocycles. The lowest BCUT2D eigenvalue weighted by Crippen LogP contribution is -2.45. The van der Waals surface area contributed by atoms with Crippen molar-refractivity contribution in [3.05, 3.63) is 23.8 Å². The van der Waals surface area contributed by atoms with Gasteiger partial charge in [-0.25, -0.2) is 4.79 Å². The Morgan fingerprint density at radius 1 is 1.48 bits per heavy atom. The van der Waals surface area contributed by atoms with E-state index in [9.17, 15) is 9.59 Å². The van der Waals surface area contributed by atoms with Crippen molar-refractivity contribution in [1.29, 1.82) is 0 Å². The van der Waals surface area contributed by atoms with Crippen molar-refractivity contribution in [2.45, 2.75) is 19.4 Å². The zero-order valence-corrected chi connectivity index (χ0v) is 14.3. The molecular weight excluding hydrogens is 320 g/mol. The van der Waals surface area contributed by atoms with Crippen LogP contribution in [0.1, 0.15) is 24.2 Å². The van der Waals surface area contributed by atoms with Gasteiger partial charge in [-0.1, -0.05) is 0 Å². The molecule has 1 aliphatic rings. The molecule has 1 heterocycles. The summed E-state index contributed by atoms with van der Waals surface area (Å²) in [6.07, 6.45) is 0. The number of amides is 3. The highest BCUT2D eigenvalue weighted by atomic mass is 35.5. The molecular formula is C15H23ClN4O3. The summed E-state index contributed by atoms with van der Waals surface area (Å²) in [5.74, 6) is 0.315. The van der Waals surface area contributed by atoms with Gasteiger partial charge in [-0.05, 0) is 32.0 Å². The number of rotatable bonds is 5. The molecule has 0 aliphatic carbocycles. The normalized spacial score (nSPS) is 14.1. The third-order valence-electron chi connectivity index (χ3n) is 3.29. The quantitative estimate of drug-likeness (QED) is 0.747. The Morgan fingerprint density at radius 2 is 2.17 bits per heavy atom. The largest absolute Gasteiger partial charge is 0.495 e. The number of nitrogens with zero attached hydrogens (tertiary/aromatic N) is 1. The molecule has 8 heteroatoms. The van der Waals surface area contributed by atoms with Crippen molar-refractivity contribution in [1.82, 2.24) is 10.6 Å². The highest BCUT2D eigenvalue weighted by Crippen LogP contribution is 2.30. The first-order valence-corrected chi connectivity index (χ1v) is 7.12. The molecule has 0 radical (unpaired) electrons. The van der Waals surface area contributed by atoms with E-state index in [0.29, 0.717) is 36.6 Å². The van der Waals surface area contributed by atoms with Crippen LogP contribution in [-0.4, -0.2) is 44.2 Å². The summed E-state index contributed by atoms with van der Waals surface area (Å²) >= 11 is 0. The van der Waals surface area contributed by atoms with E-state index >= 15 is 0 Å². The minimum Gasteiger partial charge on any atom is -0.495 e. The predicted molar refractivity (Wildman–Crippen MR) is 91.6 cm³/mol. The number of carbonyl (C=O) groups is 2. The van der Waals surface area contributed by atoms with Gasteiger partial charge in [-0.2, -0.15) is 0 Å². The SMILES string of the molecule is COc1ccc(C(=O)NCC(C)(C)N)cc1N1CCNC1=O.Cl. The third kappa shape index (κ3) is 4.74. The number of hydrogen-bond acceptors (Lipinski definition) is 4. The van der Waals surface area contributed by atoms with Gasteiger partial charge in [-0.15, -0.1) is 12.4 Å². The van der Waals surface area contributed by atoms with Crippen molar-refractivity contribution in [2.75, 3.05) is 31.6 Å². The molecule has 1 aromatic rings. The van der Waals surface area contributed by atoms with Gasteiger partial charge < -0.3 is 21.1 Å². The van der Waals surface area contributed by atoms with E-state index in [2.05, 4.69) is 10.6 Å². The van der Waals surface area contributed by atoms with Gasteiger partial charge in [-0.3, -0.25) is 9.69 Å². The fourth-order valence-corrected chi connectivity index (χ4v) is 2.15. The third-order valence-corrected chi connectivity index (χ3v) is 3.29. The Morgan fingerprint density at radius 3 is 2.70 bits per heavy atom. The van der Waals surface area contributed by atoms with E-state index < -0.39 is 5.54 Å². The molecule has 0 unspecified atom stereocenters. The first-order chi connectivity index (χ1) is 10.3. The zero-order chi connectivity index (χ0) is 16.3. The molecule has 0 spiro atoms. The average Bonchev–Trinajstić information content (AvgIpc) is 2.89. The van der Waals surface area contributed by atoms with Gasteiger partial charge in [0, 0.05) is 30.7 Å². The highest BCUT2D eigenvalue weighted by Gasteiger charge is 2.25. The smallest absolute Gasteiger partial charge is 0.322 e. The number of benzene rings is 1. The molecule has 3 amide bonds. The summed E-state index contributed by atoms with van der Waals surface area (Å²) in [5.41, 5.74) is 6.41. The van der Waals surface area contributed by atoms with E-state index in [4.69, 9.17) is 10.5 Å². The fourth-order valence-electron chi connectivity index (χ4n) is 2.15. The lowest BCUT2D eigenvalue weighted by Gasteiger charge is -2.20. The molecule has 1 saturated heterocycles. The standard InChI is InChI=1S/C15H22N4O3.ClH/c1-15(2,16)9-18-13(20)10-4-5-12(22-3)11(8-10)19-7-6-17-14(19)21;/h4-5,8H,6-7,9,16H2,1-3H3,(H,17,21)(H,18,20);1H. The molecule has 4 N–H and O–H groups in total. The summed E-state index contributed by atoms with van der Waals surface area (Å²) in [7, 11) is 1.53. The number of anilines is 1. The lowest BCUT2D eigenvalue weighted by molar-refractivity contribution is 0.0946. The van der Waals surface area contributed by atoms with Crippen LogP contribution in [0, 0.1) is 0 Å². The van der Waals surface area contributed by atoms with Gasteiger partial charge in [0.05, 0.1) is 12.8 Å². The molecule has 2 rings (SSSR count). The van der Waals surface area contributed by atoms with Crippen molar-refractivity contribution in [2.24, 2.45) is 5.73 Å². The molecule has 0 bridgehead atoms. The lowest BCUT2D eigenvalue weighted by atomic mass is 10.1. The summed E-state index contributed by atoms with van der Waals surface area (Å²) < 4.78 is 5.28. The second kappa shape index (κ2) is 7.52. The van der Waals surface area contributed by atoms with E-state index in [1.54, 1.807) is 23.1 Å². The molecule has 1 fully saturated rings. The van der Waals surface area contributed by atoms with Gasteiger partial charge in [0.1, 0.15) is 5.75 Å². The maximum absolute atomic E-state index is 12.2. The Hall–Kier alpha value is -1.99. The number of ether oxygens (including phenoxy) is 1. The number of hydrogen-bond donors (Lipinski definition) is 3. The molecule has 1 aromatic carbocycles. The monoisotopic (exact) mass is 342 g/mol. The summed E-state index contributed by atoms with van der Waals surface area (Å²) in [6.45, 7) is 5.13. The topological polar surface area (TPSA) is 96.7 Å². The van der Waals surface area contributed by atoms with E-state index in [0.717, 1.165) is 0 Å². The van der Waals surface area contributed by atoms with E-state index in [-0.39, 0.29) is 24.3 Å². The highest BCUT2D eigenvalue weighted by molar-refractivity contribution is 5.99. The van der Waals surface area contributed by atoms with Crippen LogP contribution < -0.4 is 26.0 Å². The van der Waals surface area contributed by atoms with Gasteiger partial charge in [0.15, 0.2) is 0 Å². The molecule has 1 aliphatic heterocycles. The predicted octanol–water partition coefficient (Wildman–Crippen LogP) is 1.11. The minimum absolute atomic E-state index is 0. The Kier molecular flexibility index (Phi) is 6.23. The Balaban J connectivity index is 0.00000264. The van der Waals surface area contributed by atoms with Crippen molar-refractivity contribution in [3.8, 4) is 5.75 Å². The molecule has 0 aromatic heterocycles. The fraction of sp³-hybridized carbons (Fsp3) is 0.467. The van der Waals surface area contributed by atoms with Crippen LogP contribution in [0.4, 0.5) is 10.5 Å². The number of carbonyl (C=O) groups excluding carboxylic acids is 2. The van der Waals surface area contributed by atoms with E-state index in [1.165, 1.54) is 7.11 Å². The minimum atomic E-state index is -0.486. The van der Waals surface area contributed by atoms with Crippen LogP contribution in [0.2, 0.25) is 0 Å². The molecule has 0 atom stereocenters. The van der Waals surface area contributed by atoms with Crippen molar-refractivity contribution >= 4 is 30.0 Å².